The Hall–Kier alpha value is -4.69. The van der Waals surface area contributed by atoms with Crippen LogP contribution in [0, 0.1) is 20.8 Å². The zero-order valence-electron chi connectivity index (χ0n) is 21.4. The molecule has 0 unspecified atom stereocenters. The number of aryl methyl sites for hydroxylation is 3. The van der Waals surface area contributed by atoms with E-state index in [1.165, 1.54) is 16.4 Å². The van der Waals surface area contributed by atoms with E-state index in [0.717, 1.165) is 32.0 Å². The number of aromatic amines is 1. The zero-order chi connectivity index (χ0) is 27.3. The summed E-state index contributed by atoms with van der Waals surface area (Å²) < 4.78 is 6.41. The Morgan fingerprint density at radius 2 is 1.59 bits per heavy atom. The minimum Gasteiger partial charge on any atom is -0.386 e. The monoisotopic (exact) mass is 533 g/mol. The maximum atomic E-state index is 13.3. The summed E-state index contributed by atoms with van der Waals surface area (Å²) in [4.78, 5) is 44.3. The lowest BCUT2D eigenvalue weighted by Gasteiger charge is -2.17. The fourth-order valence-electron chi connectivity index (χ4n) is 4.66. The number of nitrogens with zero attached hydrogens (tertiary/aromatic N) is 2. The smallest absolute Gasteiger partial charge is 0.346 e. The molecule has 1 N–H and O–H groups in total. The SMILES string of the molecule is Cc1ccc(-n2[nH]c(C)c(C=Nc3ccccc3Sc3ccc4c5c(cccc35)C(=O)OC4=O)c2=O)cc1C. The number of H-pyrrole nitrogens is 1. The molecule has 0 saturated heterocycles. The van der Waals surface area contributed by atoms with E-state index in [1.807, 2.05) is 75.4 Å². The Balaban J connectivity index is 1.36. The molecular weight excluding hydrogens is 510 g/mol. The molecule has 0 aliphatic carbocycles. The first-order valence-corrected chi connectivity index (χ1v) is 13.2. The van der Waals surface area contributed by atoms with Crippen LogP contribution in [0.25, 0.3) is 16.5 Å². The maximum Gasteiger partial charge on any atom is 0.346 e. The fraction of sp³-hybridized carbons (Fsp3) is 0.0968. The number of ether oxygens (including phenoxy) is 1. The van der Waals surface area contributed by atoms with Gasteiger partial charge in [-0.1, -0.05) is 42.1 Å². The molecule has 0 bridgehead atoms. The topological polar surface area (TPSA) is 93.5 Å². The predicted molar refractivity (Wildman–Crippen MR) is 152 cm³/mol. The lowest BCUT2D eigenvalue weighted by molar-refractivity contribution is 0.0391. The molecule has 2 heterocycles. The first-order chi connectivity index (χ1) is 18.8. The van der Waals surface area contributed by atoms with Gasteiger partial charge in [0.15, 0.2) is 0 Å². The van der Waals surface area contributed by atoms with Gasteiger partial charge in [0.2, 0.25) is 0 Å². The van der Waals surface area contributed by atoms with Crippen LogP contribution in [0.3, 0.4) is 0 Å². The van der Waals surface area contributed by atoms with Gasteiger partial charge in [-0.15, -0.1) is 0 Å². The molecule has 1 aliphatic rings. The van der Waals surface area contributed by atoms with E-state index in [1.54, 1.807) is 24.4 Å². The normalized spacial score (nSPS) is 12.9. The maximum absolute atomic E-state index is 13.3. The van der Waals surface area contributed by atoms with Crippen LogP contribution in [0.1, 0.15) is 43.1 Å². The summed E-state index contributed by atoms with van der Waals surface area (Å²) >= 11 is 1.48. The van der Waals surface area contributed by atoms with Crippen LogP contribution in [0.4, 0.5) is 5.69 Å². The molecule has 0 spiro atoms. The Bertz CT molecular complexity index is 1900. The number of nitrogens with one attached hydrogen (secondary N) is 1. The van der Waals surface area contributed by atoms with E-state index < -0.39 is 11.9 Å². The van der Waals surface area contributed by atoms with Gasteiger partial charge in [-0.2, -0.15) is 0 Å². The molecule has 1 aromatic heterocycles. The third kappa shape index (κ3) is 4.28. The van der Waals surface area contributed by atoms with Crippen LogP contribution < -0.4 is 5.56 Å². The van der Waals surface area contributed by atoms with Crippen molar-refractivity contribution in [3.63, 3.8) is 0 Å². The number of carbonyl (C=O) groups is 2. The van der Waals surface area contributed by atoms with Gasteiger partial charge < -0.3 is 4.74 Å². The second-order valence-corrected chi connectivity index (χ2v) is 10.5. The summed E-state index contributed by atoms with van der Waals surface area (Å²) in [5, 5.41) is 4.54. The van der Waals surface area contributed by atoms with Gasteiger partial charge in [-0.25, -0.2) is 14.3 Å². The van der Waals surface area contributed by atoms with Crippen LogP contribution in [0.15, 0.2) is 92.4 Å². The van der Waals surface area contributed by atoms with Crippen molar-refractivity contribution >= 4 is 46.4 Å². The minimum atomic E-state index is -0.640. The van der Waals surface area contributed by atoms with Crippen molar-refractivity contribution in [2.75, 3.05) is 0 Å². The van der Waals surface area contributed by atoms with Gasteiger partial charge in [0.05, 0.1) is 28.1 Å². The molecule has 7 nitrogen and oxygen atoms in total. The predicted octanol–water partition coefficient (Wildman–Crippen LogP) is 6.46. The second-order valence-electron chi connectivity index (χ2n) is 9.40. The Kier molecular flexibility index (Phi) is 6.04. The Morgan fingerprint density at radius 3 is 2.38 bits per heavy atom. The van der Waals surface area contributed by atoms with Crippen molar-refractivity contribution in [3.8, 4) is 5.69 Å². The van der Waals surface area contributed by atoms with Gasteiger partial charge in [0, 0.05) is 27.1 Å². The van der Waals surface area contributed by atoms with E-state index in [9.17, 15) is 14.4 Å². The number of rotatable bonds is 5. The quantitative estimate of drug-likeness (QED) is 0.159. The highest BCUT2D eigenvalue weighted by Gasteiger charge is 2.28. The highest BCUT2D eigenvalue weighted by Crippen LogP contribution is 2.41. The Morgan fingerprint density at radius 1 is 0.821 bits per heavy atom. The van der Waals surface area contributed by atoms with Crippen LogP contribution in [-0.2, 0) is 4.74 Å². The van der Waals surface area contributed by atoms with Crippen molar-refractivity contribution in [2.45, 2.75) is 30.6 Å². The highest BCUT2D eigenvalue weighted by molar-refractivity contribution is 7.99. The number of benzene rings is 4. The first-order valence-electron chi connectivity index (χ1n) is 12.3. The number of carbonyl (C=O) groups excluding carboxylic acids is 2. The fourth-order valence-corrected chi connectivity index (χ4v) is 5.69. The van der Waals surface area contributed by atoms with E-state index in [-0.39, 0.29) is 5.56 Å². The lowest BCUT2D eigenvalue weighted by Crippen LogP contribution is -2.19. The molecule has 1 aliphatic heterocycles. The van der Waals surface area contributed by atoms with Gasteiger partial charge in [0.1, 0.15) is 0 Å². The number of aliphatic imine (C=N–C) groups is 1. The summed E-state index contributed by atoms with van der Waals surface area (Å²) in [6.45, 7) is 5.90. The summed E-state index contributed by atoms with van der Waals surface area (Å²) in [6, 6.07) is 22.4. The number of hydrogen-bond acceptors (Lipinski definition) is 6. The van der Waals surface area contributed by atoms with E-state index in [2.05, 4.69) is 5.10 Å². The molecule has 0 radical (unpaired) electrons. The van der Waals surface area contributed by atoms with Crippen LogP contribution in [0.2, 0.25) is 0 Å². The van der Waals surface area contributed by atoms with Crippen LogP contribution in [0.5, 0.6) is 0 Å². The molecule has 192 valence electrons. The van der Waals surface area contributed by atoms with Gasteiger partial charge in [-0.3, -0.25) is 14.9 Å². The van der Waals surface area contributed by atoms with E-state index in [0.29, 0.717) is 33.5 Å². The average Bonchev–Trinajstić information content (AvgIpc) is 3.21. The molecule has 4 aromatic carbocycles. The highest BCUT2D eigenvalue weighted by atomic mass is 32.2. The molecular formula is C31H23N3O4S. The standard InChI is InChI=1S/C31H23N3O4S/c1-17-11-12-20(15-18(17)2)34-29(35)24(19(3)33-34)16-32-25-9-4-5-10-27(25)39-26-14-13-23-28-21(26)7-6-8-22(28)30(36)38-31(23)37/h4-16,33H,1-3H3. The molecule has 6 rings (SSSR count). The van der Waals surface area contributed by atoms with Crippen molar-refractivity contribution < 1.29 is 14.3 Å². The summed E-state index contributed by atoms with van der Waals surface area (Å²) in [5.41, 5.74) is 5.49. The van der Waals surface area contributed by atoms with Gasteiger partial charge in [0.25, 0.3) is 5.56 Å². The molecule has 0 fully saturated rings. The van der Waals surface area contributed by atoms with Gasteiger partial charge >= 0.3 is 11.9 Å². The van der Waals surface area contributed by atoms with Crippen LogP contribution in [-0.4, -0.2) is 27.9 Å². The third-order valence-corrected chi connectivity index (χ3v) is 8.05. The van der Waals surface area contributed by atoms with Crippen LogP contribution >= 0.6 is 11.8 Å². The number of aromatic nitrogens is 2. The van der Waals surface area contributed by atoms with E-state index in [4.69, 9.17) is 9.73 Å². The van der Waals surface area contributed by atoms with Crippen molar-refractivity contribution in [3.05, 3.63) is 117 Å². The molecule has 5 aromatic rings. The first kappa shape index (κ1) is 24.6. The molecule has 0 atom stereocenters. The van der Waals surface area contributed by atoms with Gasteiger partial charge in [-0.05, 0) is 79.7 Å². The average molecular weight is 534 g/mol. The zero-order valence-corrected chi connectivity index (χ0v) is 22.3. The lowest BCUT2D eigenvalue weighted by atomic mass is 9.97. The molecule has 8 heteroatoms. The number of hydrogen-bond donors (Lipinski definition) is 1. The number of cyclic esters (lactones) is 2. The molecule has 0 amide bonds. The second kappa shape index (κ2) is 9.56. The summed E-state index contributed by atoms with van der Waals surface area (Å²) in [5.74, 6) is -1.28. The largest absolute Gasteiger partial charge is 0.386 e. The third-order valence-electron chi connectivity index (χ3n) is 6.91. The Labute approximate surface area is 228 Å². The molecule has 0 saturated carbocycles. The number of para-hydroxylation sites is 1. The summed E-state index contributed by atoms with van der Waals surface area (Å²) in [7, 11) is 0. The van der Waals surface area contributed by atoms with Crippen molar-refractivity contribution in [2.24, 2.45) is 4.99 Å². The van der Waals surface area contributed by atoms with Crippen molar-refractivity contribution in [1.82, 2.24) is 9.78 Å². The minimum absolute atomic E-state index is 0.176. The molecule has 39 heavy (non-hydrogen) atoms. The van der Waals surface area contributed by atoms with E-state index >= 15 is 0 Å². The van der Waals surface area contributed by atoms with Crippen molar-refractivity contribution in [1.29, 1.82) is 0 Å². The summed E-state index contributed by atoms with van der Waals surface area (Å²) in [6.07, 6.45) is 1.59. The number of esters is 2.